The van der Waals surface area contributed by atoms with E-state index in [4.69, 9.17) is 22.1 Å². The van der Waals surface area contributed by atoms with E-state index in [0.29, 0.717) is 11.6 Å². The third kappa shape index (κ3) is 1.68. The maximum Gasteiger partial charge on any atom is 0.125 e. The van der Waals surface area contributed by atoms with Gasteiger partial charge in [-0.2, -0.15) is 0 Å². The average Bonchev–Trinajstić information content (AvgIpc) is 2.09. The molecule has 0 saturated heterocycles. The van der Waals surface area contributed by atoms with Crippen LogP contribution in [0.15, 0.2) is 16.6 Å². The van der Waals surface area contributed by atoms with Crippen LogP contribution in [0.3, 0.4) is 0 Å². The Morgan fingerprint density at radius 3 is 3.08 bits per heavy atom. The van der Waals surface area contributed by atoms with Crippen molar-refractivity contribution in [3.63, 3.8) is 0 Å². The first-order valence-electron chi connectivity index (χ1n) is 4.06. The van der Waals surface area contributed by atoms with Gasteiger partial charge in [-0.05, 0) is 22.0 Å². The number of ether oxygens (including phenoxy) is 1. The van der Waals surface area contributed by atoms with Gasteiger partial charge in [0.1, 0.15) is 5.75 Å². The topological polar surface area (TPSA) is 35.2 Å². The van der Waals surface area contributed by atoms with Crippen LogP contribution in [0.1, 0.15) is 18.0 Å². The van der Waals surface area contributed by atoms with Crippen LogP contribution in [0.5, 0.6) is 5.75 Å². The monoisotopic (exact) mass is 261 g/mol. The largest absolute Gasteiger partial charge is 0.493 e. The highest BCUT2D eigenvalue weighted by molar-refractivity contribution is 9.10. The Morgan fingerprint density at radius 2 is 2.31 bits per heavy atom. The van der Waals surface area contributed by atoms with Gasteiger partial charge in [0.15, 0.2) is 0 Å². The van der Waals surface area contributed by atoms with Crippen molar-refractivity contribution in [1.29, 1.82) is 0 Å². The lowest BCUT2D eigenvalue weighted by atomic mass is 10.0. The van der Waals surface area contributed by atoms with Crippen LogP contribution in [0.4, 0.5) is 0 Å². The first kappa shape index (κ1) is 9.31. The molecule has 0 aromatic heterocycles. The molecule has 0 saturated carbocycles. The predicted octanol–water partition coefficient (Wildman–Crippen LogP) is 2.88. The molecule has 0 unspecified atom stereocenters. The SMILES string of the molecule is N[C@@H]1CCOc2cc(Cl)c(Br)cc21. The molecule has 1 aromatic carbocycles. The highest BCUT2D eigenvalue weighted by Gasteiger charge is 2.19. The molecule has 2 nitrogen and oxygen atoms in total. The van der Waals surface area contributed by atoms with Crippen LogP contribution >= 0.6 is 27.5 Å². The normalized spacial score (nSPS) is 20.7. The minimum absolute atomic E-state index is 0.0670. The number of halogens is 2. The number of nitrogens with two attached hydrogens (primary N) is 1. The van der Waals surface area contributed by atoms with Gasteiger partial charge in [-0.1, -0.05) is 11.6 Å². The molecule has 1 atom stereocenters. The van der Waals surface area contributed by atoms with Crippen molar-refractivity contribution in [3.8, 4) is 5.75 Å². The molecule has 0 bridgehead atoms. The van der Waals surface area contributed by atoms with Crippen LogP contribution in [0.2, 0.25) is 5.02 Å². The quantitative estimate of drug-likeness (QED) is 0.780. The van der Waals surface area contributed by atoms with Crippen LogP contribution in [-0.4, -0.2) is 6.61 Å². The highest BCUT2D eigenvalue weighted by Crippen LogP contribution is 2.36. The Balaban J connectivity index is 2.52. The van der Waals surface area contributed by atoms with E-state index < -0.39 is 0 Å². The number of hydrogen-bond acceptors (Lipinski definition) is 2. The van der Waals surface area contributed by atoms with Crippen LogP contribution < -0.4 is 10.5 Å². The zero-order valence-corrected chi connectivity index (χ0v) is 9.23. The van der Waals surface area contributed by atoms with Crippen molar-refractivity contribution in [1.82, 2.24) is 0 Å². The second kappa shape index (κ2) is 3.48. The van der Waals surface area contributed by atoms with Crippen molar-refractivity contribution < 1.29 is 4.74 Å². The summed E-state index contributed by atoms with van der Waals surface area (Å²) in [6.45, 7) is 0.673. The Labute approximate surface area is 90.1 Å². The molecule has 0 fully saturated rings. The summed E-state index contributed by atoms with van der Waals surface area (Å²) >= 11 is 9.28. The number of benzene rings is 1. The van der Waals surface area contributed by atoms with Crippen molar-refractivity contribution in [2.45, 2.75) is 12.5 Å². The maximum atomic E-state index is 5.93. The predicted molar refractivity (Wildman–Crippen MR) is 56.2 cm³/mol. The molecule has 1 aliphatic heterocycles. The zero-order chi connectivity index (χ0) is 9.42. The van der Waals surface area contributed by atoms with Crippen molar-refractivity contribution in [3.05, 3.63) is 27.2 Å². The average molecular weight is 263 g/mol. The fourth-order valence-corrected chi connectivity index (χ4v) is 1.92. The molecular formula is C9H9BrClNO. The summed E-state index contributed by atoms with van der Waals surface area (Å²) < 4.78 is 6.31. The second-order valence-electron chi connectivity index (χ2n) is 3.05. The molecule has 0 radical (unpaired) electrons. The van der Waals surface area contributed by atoms with Crippen molar-refractivity contribution in [2.24, 2.45) is 5.73 Å². The van der Waals surface area contributed by atoms with Crippen LogP contribution in [0, 0.1) is 0 Å². The standard InChI is InChI=1S/C9H9BrClNO/c10-6-3-5-8(12)1-2-13-9(5)4-7(6)11/h3-4,8H,1-2,12H2/t8-/m1/s1. The summed E-state index contributed by atoms with van der Waals surface area (Å²) in [7, 11) is 0. The molecule has 70 valence electrons. The van der Waals surface area contributed by atoms with Gasteiger partial charge >= 0.3 is 0 Å². The van der Waals surface area contributed by atoms with Gasteiger partial charge in [0.25, 0.3) is 0 Å². The van der Waals surface area contributed by atoms with E-state index in [-0.39, 0.29) is 6.04 Å². The molecule has 1 heterocycles. The Hall–Kier alpha value is -0.250. The molecule has 2 rings (SSSR count). The third-order valence-electron chi connectivity index (χ3n) is 2.14. The highest BCUT2D eigenvalue weighted by atomic mass is 79.9. The number of fused-ring (bicyclic) bond motifs is 1. The molecule has 2 N–H and O–H groups in total. The summed E-state index contributed by atoms with van der Waals surface area (Å²) in [5.74, 6) is 0.812. The Kier molecular flexibility index (Phi) is 2.49. The number of rotatable bonds is 0. The lowest BCUT2D eigenvalue weighted by Crippen LogP contribution is -2.20. The lowest BCUT2D eigenvalue weighted by Gasteiger charge is -2.23. The van der Waals surface area contributed by atoms with Gasteiger partial charge in [0, 0.05) is 28.6 Å². The van der Waals surface area contributed by atoms with E-state index in [0.717, 1.165) is 22.2 Å². The molecular weight excluding hydrogens is 253 g/mol. The van der Waals surface area contributed by atoms with Gasteiger partial charge in [0.2, 0.25) is 0 Å². The minimum atomic E-state index is 0.0670. The third-order valence-corrected chi connectivity index (χ3v) is 3.34. The molecule has 4 heteroatoms. The first-order valence-corrected chi connectivity index (χ1v) is 5.23. The zero-order valence-electron chi connectivity index (χ0n) is 6.89. The van der Waals surface area contributed by atoms with Crippen molar-refractivity contribution >= 4 is 27.5 Å². The summed E-state index contributed by atoms with van der Waals surface area (Å²) in [5.41, 5.74) is 6.95. The van der Waals surface area contributed by atoms with Gasteiger partial charge < -0.3 is 10.5 Å². The lowest BCUT2D eigenvalue weighted by molar-refractivity contribution is 0.269. The van der Waals surface area contributed by atoms with Crippen LogP contribution in [-0.2, 0) is 0 Å². The maximum absolute atomic E-state index is 5.93. The van der Waals surface area contributed by atoms with Gasteiger partial charge in [-0.15, -0.1) is 0 Å². The first-order chi connectivity index (χ1) is 6.18. The Morgan fingerprint density at radius 1 is 1.54 bits per heavy atom. The summed E-state index contributed by atoms with van der Waals surface area (Å²) in [4.78, 5) is 0. The summed E-state index contributed by atoms with van der Waals surface area (Å²) in [6, 6.07) is 3.80. The minimum Gasteiger partial charge on any atom is -0.493 e. The van der Waals surface area contributed by atoms with E-state index in [2.05, 4.69) is 15.9 Å². The molecule has 0 amide bonds. The molecule has 1 aliphatic rings. The smallest absolute Gasteiger partial charge is 0.125 e. The van der Waals surface area contributed by atoms with Crippen molar-refractivity contribution in [2.75, 3.05) is 6.61 Å². The number of hydrogen-bond donors (Lipinski definition) is 1. The Bertz CT molecular complexity index is 343. The summed E-state index contributed by atoms with van der Waals surface area (Å²) in [6.07, 6.45) is 0.862. The molecule has 0 aliphatic carbocycles. The molecule has 1 aromatic rings. The van der Waals surface area contributed by atoms with Gasteiger partial charge in [-0.3, -0.25) is 0 Å². The van der Waals surface area contributed by atoms with Gasteiger partial charge in [-0.25, -0.2) is 0 Å². The van der Waals surface area contributed by atoms with E-state index in [9.17, 15) is 0 Å². The fourth-order valence-electron chi connectivity index (χ4n) is 1.41. The second-order valence-corrected chi connectivity index (χ2v) is 4.31. The van der Waals surface area contributed by atoms with Gasteiger partial charge in [0.05, 0.1) is 11.6 Å². The molecule has 13 heavy (non-hydrogen) atoms. The van der Waals surface area contributed by atoms with Crippen LogP contribution in [0.25, 0.3) is 0 Å². The molecule has 0 spiro atoms. The van der Waals surface area contributed by atoms with E-state index >= 15 is 0 Å². The van der Waals surface area contributed by atoms with E-state index in [1.807, 2.05) is 6.07 Å². The summed E-state index contributed by atoms with van der Waals surface area (Å²) in [5, 5.41) is 0.660. The van der Waals surface area contributed by atoms with E-state index in [1.165, 1.54) is 0 Å². The van der Waals surface area contributed by atoms with E-state index in [1.54, 1.807) is 6.07 Å². The fraction of sp³-hybridized carbons (Fsp3) is 0.333.